The Morgan fingerprint density at radius 2 is 2.04 bits per heavy atom. The number of carbonyl (C=O) groups excluding carboxylic acids is 2. The van der Waals surface area contributed by atoms with Crippen LogP contribution in [0.15, 0.2) is 47.2 Å². The highest BCUT2D eigenvalue weighted by molar-refractivity contribution is 7.89. The minimum atomic E-state index is -3.81. The number of benzene rings is 1. The largest absolute Gasteiger partial charge is 0.448 e. The zero-order valence-electron chi connectivity index (χ0n) is 14.3. The Balaban J connectivity index is 1.93. The summed E-state index contributed by atoms with van der Waals surface area (Å²) in [7, 11) is -3.81. The molecule has 0 fully saturated rings. The number of sulfonamides is 1. The van der Waals surface area contributed by atoms with Crippen molar-refractivity contribution < 1.29 is 22.7 Å². The predicted octanol–water partition coefficient (Wildman–Crippen LogP) is 1.57. The topological polar surface area (TPSA) is 140 Å². The summed E-state index contributed by atoms with van der Waals surface area (Å²) in [6.45, 7) is 5.49. The number of hydrogen-bond acceptors (Lipinski definition) is 8. The SMILES string of the molecule is C=CCNc1nc(C(=O)OC(C)C(=O)Nc2ccc(S(N)(=O)=O)cc2)cs1. The molecule has 1 aromatic carbocycles. The van der Waals surface area contributed by atoms with Crippen LogP contribution in [0.4, 0.5) is 10.8 Å². The molecule has 0 aliphatic rings. The molecule has 0 saturated carbocycles. The number of anilines is 2. The highest BCUT2D eigenvalue weighted by Crippen LogP contribution is 2.17. The zero-order chi connectivity index (χ0) is 20.0. The van der Waals surface area contributed by atoms with Gasteiger partial charge in [0.15, 0.2) is 16.9 Å². The molecule has 0 saturated heterocycles. The van der Waals surface area contributed by atoms with Gasteiger partial charge in [0.25, 0.3) is 5.91 Å². The molecule has 0 aliphatic carbocycles. The first kappa shape index (κ1) is 20.6. The molecule has 1 amide bonds. The van der Waals surface area contributed by atoms with E-state index in [4.69, 9.17) is 9.88 Å². The fraction of sp³-hybridized carbons (Fsp3) is 0.188. The van der Waals surface area contributed by atoms with Gasteiger partial charge in [-0.3, -0.25) is 4.79 Å². The molecule has 1 unspecified atom stereocenters. The van der Waals surface area contributed by atoms with Gasteiger partial charge in [0.1, 0.15) is 0 Å². The van der Waals surface area contributed by atoms with Gasteiger partial charge in [-0.1, -0.05) is 6.08 Å². The summed E-state index contributed by atoms with van der Waals surface area (Å²) in [5.74, 6) is -1.31. The lowest BCUT2D eigenvalue weighted by molar-refractivity contribution is -0.123. The van der Waals surface area contributed by atoms with Gasteiger partial charge in [-0.15, -0.1) is 17.9 Å². The molecule has 144 valence electrons. The maximum Gasteiger partial charge on any atom is 0.358 e. The van der Waals surface area contributed by atoms with E-state index in [2.05, 4.69) is 22.2 Å². The summed E-state index contributed by atoms with van der Waals surface area (Å²) >= 11 is 1.23. The fourth-order valence-electron chi connectivity index (χ4n) is 1.85. The number of amides is 1. The van der Waals surface area contributed by atoms with Crippen LogP contribution in [0.3, 0.4) is 0 Å². The van der Waals surface area contributed by atoms with Gasteiger partial charge in [-0.2, -0.15) is 0 Å². The number of nitrogens with two attached hydrogens (primary N) is 1. The van der Waals surface area contributed by atoms with Crippen LogP contribution in [0.25, 0.3) is 0 Å². The van der Waals surface area contributed by atoms with Crippen molar-refractivity contribution in [2.45, 2.75) is 17.9 Å². The number of nitrogens with zero attached hydrogens (tertiary/aromatic N) is 1. The van der Waals surface area contributed by atoms with Crippen LogP contribution in [-0.2, 0) is 19.6 Å². The number of primary sulfonamides is 1. The van der Waals surface area contributed by atoms with Crippen molar-refractivity contribution >= 4 is 44.1 Å². The van der Waals surface area contributed by atoms with Crippen LogP contribution >= 0.6 is 11.3 Å². The van der Waals surface area contributed by atoms with Crippen molar-refractivity contribution in [3.63, 3.8) is 0 Å². The zero-order valence-corrected chi connectivity index (χ0v) is 16.0. The van der Waals surface area contributed by atoms with E-state index in [1.54, 1.807) is 6.08 Å². The number of esters is 1. The van der Waals surface area contributed by atoms with Crippen LogP contribution < -0.4 is 15.8 Å². The molecule has 0 spiro atoms. The molecule has 4 N–H and O–H groups in total. The van der Waals surface area contributed by atoms with Gasteiger partial charge in [0.2, 0.25) is 10.0 Å². The van der Waals surface area contributed by atoms with Crippen LogP contribution in [0, 0.1) is 0 Å². The van der Waals surface area contributed by atoms with Crippen molar-refractivity contribution in [1.29, 1.82) is 0 Å². The van der Waals surface area contributed by atoms with Gasteiger partial charge in [0.05, 0.1) is 4.90 Å². The summed E-state index contributed by atoms with van der Waals surface area (Å²) < 4.78 is 27.5. The lowest BCUT2D eigenvalue weighted by atomic mass is 10.3. The van der Waals surface area contributed by atoms with Gasteiger partial charge >= 0.3 is 5.97 Å². The molecule has 9 nitrogen and oxygen atoms in total. The van der Waals surface area contributed by atoms with E-state index in [-0.39, 0.29) is 10.6 Å². The molecule has 2 rings (SSSR count). The van der Waals surface area contributed by atoms with Crippen molar-refractivity contribution in [3.05, 3.63) is 48.0 Å². The first-order chi connectivity index (χ1) is 12.7. The average molecular weight is 410 g/mol. The van der Waals surface area contributed by atoms with E-state index in [0.29, 0.717) is 17.4 Å². The Labute approximate surface area is 160 Å². The van der Waals surface area contributed by atoms with Crippen LogP contribution in [0.5, 0.6) is 0 Å². The third-order valence-electron chi connectivity index (χ3n) is 3.21. The Hall–Kier alpha value is -2.76. The standard InChI is InChI=1S/C16H18N4O5S2/c1-3-8-18-16-20-13(9-26-16)15(22)25-10(2)14(21)19-11-4-6-12(7-5-11)27(17,23)24/h3-7,9-10H,1,8H2,2H3,(H,18,20)(H,19,21)(H2,17,23,24). The van der Waals surface area contributed by atoms with E-state index in [0.717, 1.165) is 0 Å². The third kappa shape index (κ3) is 5.88. The molecule has 1 atom stereocenters. The number of hydrogen-bond donors (Lipinski definition) is 3. The Kier molecular flexibility index (Phi) is 6.66. The summed E-state index contributed by atoms with van der Waals surface area (Å²) in [5, 5.41) is 12.5. The second kappa shape index (κ2) is 8.75. The van der Waals surface area contributed by atoms with Crippen LogP contribution in [-0.4, -0.2) is 37.9 Å². The summed E-state index contributed by atoms with van der Waals surface area (Å²) in [6, 6.07) is 5.28. The number of rotatable bonds is 8. The van der Waals surface area contributed by atoms with Gasteiger partial charge in [0, 0.05) is 17.6 Å². The molecular weight excluding hydrogens is 392 g/mol. The maximum atomic E-state index is 12.1. The highest BCUT2D eigenvalue weighted by Gasteiger charge is 2.21. The normalized spacial score (nSPS) is 12.1. The van der Waals surface area contributed by atoms with Gasteiger partial charge in [-0.25, -0.2) is 23.3 Å². The molecule has 0 aliphatic heterocycles. The first-order valence-corrected chi connectivity index (χ1v) is 10.1. The van der Waals surface area contributed by atoms with Crippen molar-refractivity contribution in [2.75, 3.05) is 17.2 Å². The molecule has 1 heterocycles. The Morgan fingerprint density at radius 3 is 2.63 bits per heavy atom. The van der Waals surface area contributed by atoms with E-state index in [9.17, 15) is 18.0 Å². The lowest BCUT2D eigenvalue weighted by Crippen LogP contribution is -2.30. The smallest absolute Gasteiger partial charge is 0.358 e. The predicted molar refractivity (Wildman–Crippen MR) is 102 cm³/mol. The van der Waals surface area contributed by atoms with Gasteiger partial charge in [-0.05, 0) is 31.2 Å². The van der Waals surface area contributed by atoms with Gasteiger partial charge < -0.3 is 15.4 Å². The number of thiazole rings is 1. The summed E-state index contributed by atoms with van der Waals surface area (Å²) in [6.07, 6.45) is 0.572. The number of aromatic nitrogens is 1. The molecule has 11 heteroatoms. The molecular formula is C16H18N4O5S2. The molecule has 0 bridgehead atoms. The van der Waals surface area contributed by atoms with E-state index >= 15 is 0 Å². The lowest BCUT2D eigenvalue weighted by Gasteiger charge is -2.13. The number of carbonyl (C=O) groups is 2. The number of nitrogens with one attached hydrogen (secondary N) is 2. The minimum absolute atomic E-state index is 0.0793. The fourth-order valence-corrected chi connectivity index (χ4v) is 3.06. The molecule has 2 aromatic rings. The Bertz CT molecular complexity index is 938. The van der Waals surface area contributed by atoms with Crippen molar-refractivity contribution in [2.24, 2.45) is 5.14 Å². The first-order valence-electron chi connectivity index (χ1n) is 7.65. The molecule has 0 radical (unpaired) electrons. The molecule has 27 heavy (non-hydrogen) atoms. The Morgan fingerprint density at radius 1 is 1.37 bits per heavy atom. The van der Waals surface area contributed by atoms with E-state index < -0.39 is 28.0 Å². The van der Waals surface area contributed by atoms with Crippen LogP contribution in [0.2, 0.25) is 0 Å². The molecule has 1 aromatic heterocycles. The maximum absolute atomic E-state index is 12.1. The van der Waals surface area contributed by atoms with Crippen molar-refractivity contribution in [1.82, 2.24) is 4.98 Å². The monoisotopic (exact) mass is 410 g/mol. The third-order valence-corrected chi connectivity index (χ3v) is 4.94. The van der Waals surface area contributed by atoms with E-state index in [1.807, 2.05) is 0 Å². The summed E-state index contributed by atoms with van der Waals surface area (Å²) in [5.41, 5.74) is 0.420. The quantitative estimate of drug-likeness (QED) is 0.443. The number of ether oxygens (including phenoxy) is 1. The highest BCUT2D eigenvalue weighted by atomic mass is 32.2. The second-order valence-electron chi connectivity index (χ2n) is 5.31. The summed E-state index contributed by atoms with van der Waals surface area (Å²) in [4.78, 5) is 28.2. The van der Waals surface area contributed by atoms with Crippen LogP contribution in [0.1, 0.15) is 17.4 Å². The van der Waals surface area contributed by atoms with Crippen molar-refractivity contribution in [3.8, 4) is 0 Å². The van der Waals surface area contributed by atoms with E-state index in [1.165, 1.54) is 47.9 Å². The average Bonchev–Trinajstić information content (AvgIpc) is 3.08. The minimum Gasteiger partial charge on any atom is -0.448 e. The second-order valence-corrected chi connectivity index (χ2v) is 7.73.